The van der Waals surface area contributed by atoms with E-state index >= 15 is 0 Å². The maximum Gasteiger partial charge on any atom is 0.336 e. The third-order valence-corrected chi connectivity index (χ3v) is 8.52. The van der Waals surface area contributed by atoms with Gasteiger partial charge in [0.05, 0.1) is 23.7 Å². The van der Waals surface area contributed by atoms with E-state index in [0.717, 1.165) is 0 Å². The summed E-state index contributed by atoms with van der Waals surface area (Å²) in [6.07, 6.45) is 5.71. The summed E-state index contributed by atoms with van der Waals surface area (Å²) in [7, 11) is -1.97. The minimum atomic E-state index is -3.54. The first-order chi connectivity index (χ1) is 15.4. The van der Waals surface area contributed by atoms with Crippen LogP contribution in [0, 0.1) is 0 Å². The van der Waals surface area contributed by atoms with Crippen LogP contribution in [-0.4, -0.2) is 58.3 Å². The van der Waals surface area contributed by atoms with Crippen molar-refractivity contribution in [3.8, 4) is 0 Å². The van der Waals surface area contributed by atoms with Crippen LogP contribution in [0.3, 0.4) is 0 Å². The lowest BCUT2D eigenvalue weighted by atomic mass is 10.2. The zero-order chi connectivity index (χ0) is 22.9. The van der Waals surface area contributed by atoms with Crippen LogP contribution in [0.1, 0.15) is 11.4 Å². The molecule has 32 heavy (non-hydrogen) atoms. The van der Waals surface area contributed by atoms with Gasteiger partial charge in [-0.3, -0.25) is 29.1 Å². The van der Waals surface area contributed by atoms with Gasteiger partial charge in [-0.15, -0.1) is 0 Å². The smallest absolute Gasteiger partial charge is 0.312 e. The third-order valence-electron chi connectivity index (χ3n) is 4.92. The second kappa shape index (κ2) is 8.82. The Morgan fingerprint density at radius 1 is 0.562 bits per heavy atom. The number of rotatable bonds is 8. The molecule has 3 aromatic heterocycles. The van der Waals surface area contributed by atoms with E-state index in [1.165, 1.54) is 40.8 Å². The summed E-state index contributed by atoms with van der Waals surface area (Å²) >= 11 is 0. The molecule has 4 aromatic rings. The predicted molar refractivity (Wildman–Crippen MR) is 116 cm³/mol. The van der Waals surface area contributed by atoms with Crippen LogP contribution in [-0.2, 0) is 39.5 Å². The molecule has 4 rings (SSSR count). The Kier molecular flexibility index (Phi) is 6.26. The summed E-state index contributed by atoms with van der Waals surface area (Å²) in [5.74, 6) is 0. The van der Waals surface area contributed by atoms with Gasteiger partial charge in [0.2, 0.25) is 0 Å². The van der Waals surface area contributed by atoms with Crippen molar-refractivity contribution in [2.45, 2.75) is 12.3 Å². The van der Waals surface area contributed by atoms with Gasteiger partial charge < -0.3 is 18.1 Å². The molecule has 0 N–H and O–H groups in total. The van der Waals surface area contributed by atoms with Crippen molar-refractivity contribution >= 4 is 48.3 Å². The molecule has 0 aliphatic carbocycles. The molecule has 0 spiro atoms. The van der Waals surface area contributed by atoms with E-state index in [9.17, 15) is 9.13 Å². The fourth-order valence-electron chi connectivity index (χ4n) is 3.23. The standard InChI is InChI=1S/C18H20N6O6P2/c1-27-31(25,28-2)9-11-12(10-32(26,29-3)30-4)24-18-16-14(20-6-8-22-16)13-15(17(18)23-11)21-7-5-19-13/h5-8H,9-10H2,1-4H3. The van der Waals surface area contributed by atoms with Gasteiger partial charge in [0.15, 0.2) is 0 Å². The van der Waals surface area contributed by atoms with Gasteiger partial charge in [-0.25, -0.2) is 9.97 Å². The van der Waals surface area contributed by atoms with Crippen LogP contribution < -0.4 is 0 Å². The normalized spacial score (nSPS) is 12.8. The lowest BCUT2D eigenvalue weighted by Gasteiger charge is -2.18. The van der Waals surface area contributed by atoms with Crippen molar-refractivity contribution < 1.29 is 27.2 Å². The fourth-order valence-corrected chi connectivity index (χ4v) is 5.29. The van der Waals surface area contributed by atoms with Crippen molar-refractivity contribution in [2.75, 3.05) is 28.4 Å². The first-order valence-corrected chi connectivity index (χ1v) is 12.8. The Balaban J connectivity index is 2.09. The molecule has 0 saturated carbocycles. The summed E-state index contributed by atoms with van der Waals surface area (Å²) in [5.41, 5.74) is 3.13. The molecule has 0 atom stereocenters. The lowest BCUT2D eigenvalue weighted by molar-refractivity contribution is 0.271. The van der Waals surface area contributed by atoms with Gasteiger partial charge in [0.25, 0.3) is 0 Å². The quantitative estimate of drug-likeness (QED) is 0.269. The maximum atomic E-state index is 12.9. The summed E-state index contributed by atoms with van der Waals surface area (Å²) < 4.78 is 46.1. The molecule has 0 fully saturated rings. The molecule has 168 valence electrons. The van der Waals surface area contributed by atoms with Crippen LogP contribution in [0.5, 0.6) is 0 Å². The van der Waals surface area contributed by atoms with Gasteiger partial charge in [-0.05, 0) is 0 Å². The number of fused-ring (bicyclic) bond motifs is 6. The molecule has 0 unspecified atom stereocenters. The van der Waals surface area contributed by atoms with Crippen molar-refractivity contribution in [1.82, 2.24) is 29.9 Å². The van der Waals surface area contributed by atoms with Crippen LogP contribution >= 0.6 is 15.2 Å². The highest BCUT2D eigenvalue weighted by Gasteiger charge is 2.31. The van der Waals surface area contributed by atoms with Crippen LogP contribution in [0.4, 0.5) is 0 Å². The topological polar surface area (TPSA) is 148 Å². The number of nitrogens with zero attached hydrogens (tertiary/aromatic N) is 6. The van der Waals surface area contributed by atoms with E-state index in [1.807, 2.05) is 0 Å². The van der Waals surface area contributed by atoms with Crippen LogP contribution in [0.2, 0.25) is 0 Å². The second-order valence-electron chi connectivity index (χ2n) is 6.59. The largest absolute Gasteiger partial charge is 0.336 e. The van der Waals surface area contributed by atoms with E-state index in [2.05, 4.69) is 29.9 Å². The first-order valence-electron chi connectivity index (χ1n) is 9.31. The van der Waals surface area contributed by atoms with Gasteiger partial charge in [0, 0.05) is 53.2 Å². The van der Waals surface area contributed by atoms with E-state index in [-0.39, 0.29) is 23.7 Å². The molecule has 12 nitrogen and oxygen atoms in total. The van der Waals surface area contributed by atoms with Crippen molar-refractivity contribution in [2.24, 2.45) is 0 Å². The summed E-state index contributed by atoms with van der Waals surface area (Å²) in [5, 5.41) is 0. The van der Waals surface area contributed by atoms with Gasteiger partial charge in [-0.1, -0.05) is 0 Å². The van der Waals surface area contributed by atoms with Crippen molar-refractivity contribution in [3.63, 3.8) is 0 Å². The lowest BCUT2D eigenvalue weighted by Crippen LogP contribution is -2.08. The van der Waals surface area contributed by atoms with Crippen molar-refractivity contribution in [3.05, 3.63) is 36.2 Å². The molecular formula is C18H20N6O6P2. The summed E-state index contributed by atoms with van der Waals surface area (Å²) in [6, 6.07) is 0. The van der Waals surface area contributed by atoms with E-state index in [0.29, 0.717) is 33.1 Å². The Morgan fingerprint density at radius 2 is 0.844 bits per heavy atom. The number of hydrogen-bond acceptors (Lipinski definition) is 12. The van der Waals surface area contributed by atoms with Gasteiger partial charge >= 0.3 is 15.2 Å². The zero-order valence-electron chi connectivity index (χ0n) is 17.8. The molecule has 3 heterocycles. The molecular weight excluding hydrogens is 458 g/mol. The molecule has 0 radical (unpaired) electrons. The van der Waals surface area contributed by atoms with E-state index < -0.39 is 15.2 Å². The predicted octanol–water partition coefficient (Wildman–Crippen LogP) is 3.49. The molecule has 0 aliphatic heterocycles. The zero-order valence-corrected chi connectivity index (χ0v) is 19.5. The SMILES string of the molecule is COP(=O)(Cc1nc2c3nccnc3c3nccnc3c2nc1CP(=O)(OC)OC)OC. The van der Waals surface area contributed by atoms with Crippen LogP contribution in [0.25, 0.3) is 33.1 Å². The number of hydrogen-bond donors (Lipinski definition) is 0. The highest BCUT2D eigenvalue weighted by Crippen LogP contribution is 2.53. The van der Waals surface area contributed by atoms with E-state index in [4.69, 9.17) is 18.1 Å². The first kappa shape index (κ1) is 22.7. The average molecular weight is 478 g/mol. The Hall–Kier alpha value is -2.46. The average Bonchev–Trinajstić information content (AvgIpc) is 2.84. The Morgan fingerprint density at radius 3 is 1.12 bits per heavy atom. The second-order valence-corrected chi connectivity index (χ2v) is 11.1. The van der Waals surface area contributed by atoms with Gasteiger partial charge in [0.1, 0.15) is 33.1 Å². The highest BCUT2D eigenvalue weighted by molar-refractivity contribution is 7.53. The third kappa shape index (κ3) is 4.01. The van der Waals surface area contributed by atoms with Crippen LogP contribution in [0.15, 0.2) is 24.8 Å². The van der Waals surface area contributed by atoms with Crippen molar-refractivity contribution in [1.29, 1.82) is 0 Å². The number of aromatic nitrogens is 6. The van der Waals surface area contributed by atoms with E-state index in [1.54, 1.807) is 12.4 Å². The summed E-state index contributed by atoms with van der Waals surface area (Å²) in [4.78, 5) is 27.0. The maximum absolute atomic E-state index is 12.9. The molecule has 0 saturated heterocycles. The molecule has 0 bridgehead atoms. The highest BCUT2D eigenvalue weighted by atomic mass is 31.2. The minimum absolute atomic E-state index is 0.216. The molecule has 14 heteroatoms. The molecule has 0 aliphatic rings. The Labute approximate surface area is 182 Å². The summed E-state index contributed by atoms with van der Waals surface area (Å²) in [6.45, 7) is 0. The minimum Gasteiger partial charge on any atom is -0.312 e. The molecule has 1 aromatic carbocycles. The molecule has 0 amide bonds. The number of benzene rings is 1. The van der Waals surface area contributed by atoms with Gasteiger partial charge in [-0.2, -0.15) is 0 Å². The Bertz CT molecular complexity index is 1300. The fraction of sp³-hybridized carbons (Fsp3) is 0.333. The monoisotopic (exact) mass is 478 g/mol.